The molecule has 0 aliphatic carbocycles. The van der Waals surface area contributed by atoms with Crippen LogP contribution in [0.3, 0.4) is 0 Å². The fourth-order valence-electron chi connectivity index (χ4n) is 3.71. The van der Waals surface area contributed by atoms with Crippen LogP contribution in [0.2, 0.25) is 0 Å². The Balaban J connectivity index is 3.70. The Morgan fingerprint density at radius 3 is 1.95 bits per heavy atom. The topological polar surface area (TPSA) is 169 Å². The lowest BCUT2D eigenvalue weighted by molar-refractivity contribution is -0.437. The van der Waals surface area contributed by atoms with E-state index >= 15 is 0 Å². The first-order chi connectivity index (χ1) is 19.7. The summed E-state index contributed by atoms with van der Waals surface area (Å²) < 4.78 is 86.2. The minimum Gasteiger partial charge on any atom is -0.476 e. The van der Waals surface area contributed by atoms with Crippen molar-refractivity contribution in [2.45, 2.75) is 62.8 Å². The highest BCUT2D eigenvalue weighted by molar-refractivity contribution is 7.92. The molecule has 238 valence electrons. The molecule has 0 aromatic heterocycles. The number of unbranched alkanes of at least 4 members (excludes halogenated alkanes) is 2. The highest BCUT2D eigenvalue weighted by Crippen LogP contribution is 2.42. The first kappa shape index (κ1) is 36.8. The molecule has 42 heavy (non-hydrogen) atoms. The van der Waals surface area contributed by atoms with Crippen molar-refractivity contribution in [2.24, 2.45) is 5.92 Å². The van der Waals surface area contributed by atoms with Gasteiger partial charge >= 0.3 is 23.1 Å². The van der Waals surface area contributed by atoms with E-state index in [0.717, 1.165) is 38.0 Å². The second kappa shape index (κ2) is 17.7. The largest absolute Gasteiger partial charge is 0.501 e. The van der Waals surface area contributed by atoms with Crippen LogP contribution < -0.4 is 0 Å². The maximum absolute atomic E-state index is 13.6. The number of allylic oxidation sites excluding steroid dienone is 1. The highest BCUT2D eigenvalue weighted by atomic mass is 32.2. The number of sulfone groups is 1. The van der Waals surface area contributed by atoms with E-state index in [2.05, 4.69) is 0 Å². The van der Waals surface area contributed by atoms with Gasteiger partial charge in [0.25, 0.3) is 9.84 Å². The summed E-state index contributed by atoms with van der Waals surface area (Å²) in [6.45, 7) is 4.15. The molecule has 16 heteroatoms. The summed E-state index contributed by atoms with van der Waals surface area (Å²) in [5, 5.41) is 22.8. The Morgan fingerprint density at radius 2 is 1.48 bits per heavy atom. The second-order valence-corrected chi connectivity index (χ2v) is 10.9. The number of benzene rings is 1. The summed E-state index contributed by atoms with van der Waals surface area (Å²) in [5.74, 6) is -8.62. The molecule has 0 saturated carbocycles. The van der Waals surface area contributed by atoms with Gasteiger partial charge in [-0.15, -0.1) is 0 Å². The molecule has 2 atom stereocenters. The highest BCUT2D eigenvalue weighted by Gasteiger charge is 2.52. The van der Waals surface area contributed by atoms with Gasteiger partial charge in [0.05, 0.1) is 23.0 Å². The van der Waals surface area contributed by atoms with E-state index in [-0.39, 0.29) is 13.2 Å². The summed E-state index contributed by atoms with van der Waals surface area (Å²) in [6.07, 6.45) is 3.03. The zero-order chi connectivity index (χ0) is 31.9. The molecule has 0 heterocycles. The zero-order valence-corrected chi connectivity index (χ0v) is 24.4. The van der Waals surface area contributed by atoms with Crippen LogP contribution in [0.25, 0.3) is 0 Å². The number of nitrogens with zero attached hydrogens (tertiary/aromatic N) is 1. The Hall–Kier alpha value is -3.24. The van der Waals surface area contributed by atoms with E-state index in [1.807, 2.05) is 13.8 Å². The van der Waals surface area contributed by atoms with Gasteiger partial charge in [-0.25, -0.2) is 8.42 Å². The lowest BCUT2D eigenvalue weighted by atomic mass is 9.81. The molecule has 1 N–H and O–H groups in total. The number of hydrogen-bond donors (Lipinski definition) is 1. The molecule has 0 amide bonds. The van der Waals surface area contributed by atoms with Gasteiger partial charge in [0.1, 0.15) is 30.8 Å². The number of carbonyl (C=O) groups is 2. The molecule has 0 radical (unpaired) electrons. The number of esters is 1. The average Bonchev–Trinajstić information content (AvgIpc) is 2.91. The van der Waals surface area contributed by atoms with Crippen molar-refractivity contribution in [3.63, 3.8) is 0 Å². The molecule has 12 nitrogen and oxygen atoms in total. The number of hydrogen-bond acceptors (Lipinski definition) is 11. The first-order valence-electron chi connectivity index (χ1n) is 13.1. The molecule has 1 aromatic carbocycles. The molecule has 0 spiro atoms. The predicted molar refractivity (Wildman–Crippen MR) is 142 cm³/mol. The minimum atomic E-state index is -6.15. The molecular formula is C26H36F3NO11S. The van der Waals surface area contributed by atoms with Gasteiger partial charge in [-0.2, -0.15) is 13.2 Å². The van der Waals surface area contributed by atoms with Crippen molar-refractivity contribution in [1.82, 2.24) is 0 Å². The second-order valence-electron chi connectivity index (χ2n) is 8.95. The van der Waals surface area contributed by atoms with Gasteiger partial charge in [-0.3, -0.25) is 19.7 Å². The molecule has 0 saturated heterocycles. The predicted octanol–water partition coefficient (Wildman–Crippen LogP) is 4.47. The third-order valence-corrected chi connectivity index (χ3v) is 7.37. The normalized spacial score (nSPS) is 14.0. The standard InChI is InChI=1S/C26H36F3NO11S/c1-4-6-12-38-14-16-40-24(32)21(18(3)31)22(19-10-8-9-11-20(19)42(36,37)26(27,28)29)23(30(34)35)25(33)41-17-15-39-13-7-5-2/h8-11,21-22,33H,4-7,12-17H2,1-3H3/t21-,22-/m1/s1. The molecular weight excluding hydrogens is 591 g/mol. The van der Waals surface area contributed by atoms with Crippen LogP contribution in [-0.2, 0) is 38.4 Å². The third kappa shape index (κ3) is 10.5. The van der Waals surface area contributed by atoms with Crippen LogP contribution in [0, 0.1) is 16.0 Å². The van der Waals surface area contributed by atoms with Crippen molar-refractivity contribution in [2.75, 3.05) is 39.6 Å². The Morgan fingerprint density at radius 1 is 0.952 bits per heavy atom. The lowest BCUT2D eigenvalue weighted by Crippen LogP contribution is -2.36. The minimum absolute atomic E-state index is 0.121. The molecule has 0 aliphatic heterocycles. The van der Waals surface area contributed by atoms with Gasteiger partial charge in [0, 0.05) is 13.2 Å². The zero-order valence-electron chi connectivity index (χ0n) is 23.6. The number of aliphatic hydroxyl groups is 1. The summed E-state index contributed by atoms with van der Waals surface area (Å²) in [6, 6.07) is 3.27. The summed E-state index contributed by atoms with van der Waals surface area (Å²) in [7, 11) is -6.15. The molecule has 0 bridgehead atoms. The number of halogens is 3. The van der Waals surface area contributed by atoms with Crippen LogP contribution in [0.15, 0.2) is 40.8 Å². The number of alkyl halides is 3. The van der Waals surface area contributed by atoms with Gasteiger partial charge in [-0.1, -0.05) is 44.9 Å². The maximum atomic E-state index is 13.6. The number of ketones is 1. The quantitative estimate of drug-likeness (QED) is 0.0541. The molecule has 1 rings (SSSR count). The van der Waals surface area contributed by atoms with Crippen LogP contribution >= 0.6 is 0 Å². The number of carbonyl (C=O) groups excluding carboxylic acids is 2. The van der Waals surface area contributed by atoms with Gasteiger partial charge < -0.3 is 24.1 Å². The van der Waals surface area contributed by atoms with E-state index in [0.29, 0.717) is 32.1 Å². The van der Waals surface area contributed by atoms with Crippen LogP contribution in [-0.4, -0.2) is 75.3 Å². The van der Waals surface area contributed by atoms with Crippen LogP contribution in [0.4, 0.5) is 13.2 Å². The number of ether oxygens (including phenoxy) is 4. The van der Waals surface area contributed by atoms with Crippen molar-refractivity contribution in [3.8, 4) is 0 Å². The average molecular weight is 628 g/mol. The first-order valence-corrected chi connectivity index (χ1v) is 14.6. The summed E-state index contributed by atoms with van der Waals surface area (Å²) in [5.41, 5.74) is -8.22. The van der Waals surface area contributed by atoms with E-state index in [1.165, 1.54) is 0 Å². The SMILES string of the molecule is CCCCOCCOC(=O)[C@H](C(C)=O)[C@H](C(=C(O)OCCOCCCC)[N+](=O)[O-])c1ccccc1S(=O)(=O)C(F)(F)F. The van der Waals surface area contributed by atoms with E-state index in [1.54, 1.807) is 0 Å². The van der Waals surface area contributed by atoms with Crippen molar-refractivity contribution < 1.29 is 60.2 Å². The van der Waals surface area contributed by atoms with Gasteiger partial charge in [-0.05, 0) is 31.4 Å². The smallest absolute Gasteiger partial charge is 0.476 e. The molecule has 0 aliphatic rings. The summed E-state index contributed by atoms with van der Waals surface area (Å²) >= 11 is 0. The lowest BCUT2D eigenvalue weighted by Gasteiger charge is -2.24. The number of rotatable bonds is 20. The molecule has 0 unspecified atom stereocenters. The van der Waals surface area contributed by atoms with E-state index in [4.69, 9.17) is 18.9 Å². The fourth-order valence-corrected chi connectivity index (χ4v) is 4.72. The fraction of sp³-hybridized carbons (Fsp3) is 0.615. The number of nitro groups is 1. The number of Topliss-reactive ketones (excluding diaryl/α,β-unsaturated/α-hetero) is 1. The number of aliphatic hydroxyl groups excluding tert-OH is 1. The van der Waals surface area contributed by atoms with Crippen molar-refractivity contribution in [3.05, 3.63) is 51.6 Å². The maximum Gasteiger partial charge on any atom is 0.501 e. The van der Waals surface area contributed by atoms with E-state index < -0.39 is 79.2 Å². The Bertz CT molecular complexity index is 1190. The van der Waals surface area contributed by atoms with Crippen LogP contribution in [0.1, 0.15) is 57.9 Å². The monoisotopic (exact) mass is 627 g/mol. The Labute approximate surface area is 241 Å². The van der Waals surface area contributed by atoms with Gasteiger partial charge in [0.15, 0.2) is 0 Å². The van der Waals surface area contributed by atoms with E-state index in [9.17, 15) is 46.4 Å². The Kier molecular flexibility index (Phi) is 15.5. The van der Waals surface area contributed by atoms with Gasteiger partial charge in [0.2, 0.25) is 0 Å². The van der Waals surface area contributed by atoms with Crippen LogP contribution in [0.5, 0.6) is 0 Å². The third-order valence-electron chi connectivity index (χ3n) is 5.81. The molecule has 1 aromatic rings. The molecule has 0 fully saturated rings. The summed E-state index contributed by atoms with van der Waals surface area (Å²) in [4.78, 5) is 35.3. The van der Waals surface area contributed by atoms with Crippen molar-refractivity contribution in [1.29, 1.82) is 0 Å². The van der Waals surface area contributed by atoms with Crippen molar-refractivity contribution >= 4 is 21.6 Å².